The number of aromatic nitrogens is 4. The molecule has 13 aromatic rings. The van der Waals surface area contributed by atoms with E-state index in [2.05, 4.69) is 211 Å². The molecule has 318 valence electrons. The normalized spacial score (nSPS) is 11.5. The van der Waals surface area contributed by atoms with E-state index < -0.39 is 0 Å². The van der Waals surface area contributed by atoms with Crippen LogP contribution in [0.1, 0.15) is 0 Å². The van der Waals surface area contributed by atoms with E-state index in [1.54, 1.807) is 0 Å². The van der Waals surface area contributed by atoms with Gasteiger partial charge in [0.15, 0.2) is 17.5 Å². The van der Waals surface area contributed by atoms with Crippen LogP contribution in [0, 0.1) is 0 Å². The molecule has 3 aromatic heterocycles. The van der Waals surface area contributed by atoms with Gasteiger partial charge in [0.1, 0.15) is 11.2 Å². The average Bonchev–Trinajstić information content (AvgIpc) is 3.98. The molecule has 10 aromatic carbocycles. The van der Waals surface area contributed by atoms with Crippen molar-refractivity contribution in [3.05, 3.63) is 243 Å². The molecule has 0 saturated carbocycles. The molecule has 5 nitrogen and oxygen atoms in total. The first-order valence-electron chi connectivity index (χ1n) is 22.9. The van der Waals surface area contributed by atoms with Gasteiger partial charge >= 0.3 is 0 Å². The Balaban J connectivity index is 1.11. The van der Waals surface area contributed by atoms with Gasteiger partial charge in [0.2, 0.25) is 0 Å². The second-order valence-corrected chi connectivity index (χ2v) is 17.1. The minimum Gasteiger partial charge on any atom is -0.455 e. The molecule has 0 amide bonds. The van der Waals surface area contributed by atoms with Crippen LogP contribution < -0.4 is 0 Å². The summed E-state index contributed by atoms with van der Waals surface area (Å²) < 4.78 is 9.45. The molecule has 0 radical (unpaired) electrons. The Bertz CT molecular complexity index is 3880. The zero-order chi connectivity index (χ0) is 45.0. The Hall–Kier alpha value is -9.19. The topological polar surface area (TPSA) is 56.7 Å². The first kappa shape index (κ1) is 39.2. The number of hydrogen-bond donors (Lipinski definition) is 0. The van der Waals surface area contributed by atoms with Crippen LogP contribution in [-0.4, -0.2) is 19.5 Å². The minimum atomic E-state index is 0.564. The Labute approximate surface area is 392 Å². The van der Waals surface area contributed by atoms with Gasteiger partial charge in [-0.25, -0.2) is 15.0 Å². The molecule has 68 heavy (non-hydrogen) atoms. The maximum absolute atomic E-state index is 7.09. The van der Waals surface area contributed by atoms with Crippen LogP contribution in [0.25, 0.3) is 128 Å². The van der Waals surface area contributed by atoms with Crippen LogP contribution >= 0.6 is 0 Å². The van der Waals surface area contributed by atoms with Crippen molar-refractivity contribution in [2.75, 3.05) is 0 Å². The van der Waals surface area contributed by atoms with E-state index in [1.807, 2.05) is 36.4 Å². The fourth-order valence-corrected chi connectivity index (χ4v) is 10.0. The largest absolute Gasteiger partial charge is 0.455 e. The van der Waals surface area contributed by atoms with E-state index in [9.17, 15) is 0 Å². The van der Waals surface area contributed by atoms with Crippen molar-refractivity contribution in [2.24, 2.45) is 0 Å². The molecule has 0 aliphatic carbocycles. The second kappa shape index (κ2) is 16.4. The number of hydrogen-bond acceptors (Lipinski definition) is 4. The van der Waals surface area contributed by atoms with Gasteiger partial charge in [-0.3, -0.25) is 0 Å². The van der Waals surface area contributed by atoms with Crippen molar-refractivity contribution in [1.29, 1.82) is 0 Å². The van der Waals surface area contributed by atoms with E-state index in [-0.39, 0.29) is 0 Å². The van der Waals surface area contributed by atoms with Crippen molar-refractivity contribution < 1.29 is 4.42 Å². The summed E-state index contributed by atoms with van der Waals surface area (Å²) in [6.07, 6.45) is 0. The lowest BCUT2D eigenvalue weighted by Crippen LogP contribution is -2.01. The van der Waals surface area contributed by atoms with Crippen LogP contribution in [0.2, 0.25) is 0 Å². The molecule has 5 heteroatoms. The first-order valence-corrected chi connectivity index (χ1v) is 22.9. The fourth-order valence-electron chi connectivity index (χ4n) is 10.0. The van der Waals surface area contributed by atoms with E-state index in [0.717, 1.165) is 105 Å². The summed E-state index contributed by atoms with van der Waals surface area (Å²) in [6, 6.07) is 85.1. The number of para-hydroxylation sites is 3. The SMILES string of the molecule is c1ccc(-c2nc(-c3ccccc3)nc(-c3cc(-c4c(-c5ccccc5)cccc4-c4ccccc4)ccc3-c3cccc4c3oc3ccc5c(c6ccccc6n5-c5ccccc5)c34)n2)cc1. The molecule has 0 N–H and O–H groups in total. The Morgan fingerprint density at radius 1 is 0.309 bits per heavy atom. The quantitative estimate of drug-likeness (QED) is 0.153. The standard InChI is InChI=1S/C63H40N4O/c1-6-20-41(21-7-1)47-31-18-32-48(42-22-8-2-9-23-42)57(47)45-36-37-49(53(40-45)63-65-61(43-24-10-3-11-25-43)64-62(66-63)44-26-12-4-13-27-44)50-33-19-34-52-59-56(68-60(50)52)39-38-55-58(59)51-30-16-17-35-54(51)67(55)46-28-14-5-15-29-46/h1-40H. The molecule has 0 aliphatic rings. The van der Waals surface area contributed by atoms with E-state index in [4.69, 9.17) is 19.4 Å². The first-order chi connectivity index (χ1) is 33.7. The van der Waals surface area contributed by atoms with Gasteiger partial charge in [-0.15, -0.1) is 0 Å². The van der Waals surface area contributed by atoms with Crippen molar-refractivity contribution in [3.8, 4) is 84.4 Å². The van der Waals surface area contributed by atoms with Gasteiger partial charge < -0.3 is 8.98 Å². The summed E-state index contributed by atoms with van der Waals surface area (Å²) in [5.41, 5.74) is 16.3. The molecule has 0 bridgehead atoms. The molecule has 0 fully saturated rings. The molecule has 0 aliphatic heterocycles. The lowest BCUT2D eigenvalue weighted by Gasteiger charge is -2.19. The third-order valence-corrected chi connectivity index (χ3v) is 13.1. The maximum atomic E-state index is 7.09. The van der Waals surface area contributed by atoms with Crippen LogP contribution in [0.3, 0.4) is 0 Å². The predicted molar refractivity (Wildman–Crippen MR) is 279 cm³/mol. The maximum Gasteiger partial charge on any atom is 0.164 e. The molecular weight excluding hydrogens is 829 g/mol. The zero-order valence-corrected chi connectivity index (χ0v) is 36.8. The van der Waals surface area contributed by atoms with Gasteiger partial charge in [-0.1, -0.05) is 206 Å². The molecule has 0 unspecified atom stereocenters. The van der Waals surface area contributed by atoms with Gasteiger partial charge in [-0.05, 0) is 75.3 Å². The van der Waals surface area contributed by atoms with Crippen molar-refractivity contribution in [2.45, 2.75) is 0 Å². The highest BCUT2D eigenvalue weighted by Crippen LogP contribution is 2.47. The summed E-state index contributed by atoms with van der Waals surface area (Å²) in [7, 11) is 0. The Kier molecular flexibility index (Phi) is 9.43. The summed E-state index contributed by atoms with van der Waals surface area (Å²) in [5.74, 6) is 1.76. The van der Waals surface area contributed by atoms with Crippen molar-refractivity contribution >= 4 is 43.7 Å². The molecule has 3 heterocycles. The van der Waals surface area contributed by atoms with Gasteiger partial charge in [-0.2, -0.15) is 0 Å². The summed E-state index contributed by atoms with van der Waals surface area (Å²) in [4.78, 5) is 15.8. The third kappa shape index (κ3) is 6.59. The van der Waals surface area contributed by atoms with Crippen molar-refractivity contribution in [1.82, 2.24) is 19.5 Å². The number of nitrogens with zero attached hydrogens (tertiary/aromatic N) is 4. The monoisotopic (exact) mass is 868 g/mol. The second-order valence-electron chi connectivity index (χ2n) is 17.1. The lowest BCUT2D eigenvalue weighted by molar-refractivity contribution is 0.670. The Morgan fingerprint density at radius 3 is 1.46 bits per heavy atom. The van der Waals surface area contributed by atoms with Crippen LogP contribution in [0.5, 0.6) is 0 Å². The van der Waals surface area contributed by atoms with E-state index >= 15 is 0 Å². The highest BCUT2D eigenvalue weighted by Gasteiger charge is 2.24. The molecule has 0 spiro atoms. The number of rotatable bonds is 8. The summed E-state index contributed by atoms with van der Waals surface area (Å²) in [5, 5.41) is 4.47. The van der Waals surface area contributed by atoms with Crippen LogP contribution in [-0.2, 0) is 0 Å². The molecule has 13 rings (SSSR count). The van der Waals surface area contributed by atoms with Crippen LogP contribution in [0.15, 0.2) is 247 Å². The van der Waals surface area contributed by atoms with E-state index in [0.29, 0.717) is 17.5 Å². The highest BCUT2D eigenvalue weighted by molar-refractivity contribution is 6.28. The van der Waals surface area contributed by atoms with Crippen molar-refractivity contribution in [3.63, 3.8) is 0 Å². The number of furan rings is 1. The van der Waals surface area contributed by atoms with Crippen LogP contribution in [0.4, 0.5) is 0 Å². The summed E-state index contributed by atoms with van der Waals surface area (Å²) in [6.45, 7) is 0. The predicted octanol–water partition coefficient (Wildman–Crippen LogP) is 16.5. The molecular formula is C63H40N4O. The number of benzene rings is 10. The van der Waals surface area contributed by atoms with E-state index in [1.165, 1.54) is 5.39 Å². The zero-order valence-electron chi connectivity index (χ0n) is 36.8. The smallest absolute Gasteiger partial charge is 0.164 e. The van der Waals surface area contributed by atoms with Gasteiger partial charge in [0.05, 0.1) is 11.0 Å². The molecule has 0 saturated heterocycles. The molecule has 0 atom stereocenters. The third-order valence-electron chi connectivity index (χ3n) is 13.1. The fraction of sp³-hybridized carbons (Fsp3) is 0. The van der Waals surface area contributed by atoms with Gasteiger partial charge in [0, 0.05) is 49.5 Å². The average molecular weight is 869 g/mol. The Morgan fingerprint density at radius 2 is 0.824 bits per heavy atom. The minimum absolute atomic E-state index is 0.564. The number of fused-ring (bicyclic) bond motifs is 7. The highest BCUT2D eigenvalue weighted by atomic mass is 16.3. The van der Waals surface area contributed by atoms with Gasteiger partial charge in [0.25, 0.3) is 0 Å². The summed E-state index contributed by atoms with van der Waals surface area (Å²) >= 11 is 0. The lowest BCUT2D eigenvalue weighted by atomic mass is 9.85.